The topological polar surface area (TPSA) is 73.1 Å². The van der Waals surface area contributed by atoms with Gasteiger partial charge in [-0.15, -0.1) is 0 Å². The van der Waals surface area contributed by atoms with Gasteiger partial charge in [0.05, 0.1) is 24.7 Å². The van der Waals surface area contributed by atoms with E-state index < -0.39 is 0 Å². The molecule has 0 aliphatic rings. The summed E-state index contributed by atoms with van der Waals surface area (Å²) in [6, 6.07) is 5.57. The summed E-state index contributed by atoms with van der Waals surface area (Å²) in [4.78, 5) is 8.69. The minimum atomic E-state index is 0.589. The molecular weight excluding hydrogens is 240 g/mol. The molecule has 100 valence electrons. The first-order valence-corrected chi connectivity index (χ1v) is 6.06. The summed E-state index contributed by atoms with van der Waals surface area (Å²) in [7, 11) is 1.64. The third-order valence-corrected chi connectivity index (χ3v) is 2.96. The standard InChI is InChI=1S/C14H18N4O/c1-9-10(2)18-14(8-16-9)17-7-11-6-12(15)4-5-13(11)19-3/h4-6,8H,7,15H2,1-3H3,(H,17,18). The van der Waals surface area contributed by atoms with Crippen LogP contribution in [0.3, 0.4) is 0 Å². The Kier molecular flexibility index (Phi) is 3.85. The van der Waals surface area contributed by atoms with E-state index in [0.29, 0.717) is 12.2 Å². The first-order valence-electron chi connectivity index (χ1n) is 6.06. The van der Waals surface area contributed by atoms with Gasteiger partial charge in [0.1, 0.15) is 11.6 Å². The van der Waals surface area contributed by atoms with Crippen molar-refractivity contribution in [2.24, 2.45) is 0 Å². The maximum Gasteiger partial charge on any atom is 0.145 e. The van der Waals surface area contributed by atoms with Crippen LogP contribution in [0.15, 0.2) is 24.4 Å². The third-order valence-electron chi connectivity index (χ3n) is 2.96. The number of hydrogen-bond donors (Lipinski definition) is 2. The molecule has 1 aromatic heterocycles. The van der Waals surface area contributed by atoms with Gasteiger partial charge in [0, 0.05) is 17.8 Å². The van der Waals surface area contributed by atoms with E-state index in [0.717, 1.165) is 28.5 Å². The zero-order valence-electron chi connectivity index (χ0n) is 11.4. The van der Waals surface area contributed by atoms with Crippen LogP contribution in [-0.4, -0.2) is 17.1 Å². The number of methoxy groups -OCH3 is 1. The van der Waals surface area contributed by atoms with E-state index in [1.165, 1.54) is 0 Å². The van der Waals surface area contributed by atoms with Crippen molar-refractivity contribution in [2.75, 3.05) is 18.2 Å². The Labute approximate surface area is 112 Å². The molecular formula is C14H18N4O. The molecule has 2 rings (SSSR count). The zero-order valence-corrected chi connectivity index (χ0v) is 11.4. The quantitative estimate of drug-likeness (QED) is 0.823. The minimum absolute atomic E-state index is 0.589. The van der Waals surface area contributed by atoms with Crippen molar-refractivity contribution in [1.82, 2.24) is 9.97 Å². The van der Waals surface area contributed by atoms with Gasteiger partial charge in [-0.25, -0.2) is 4.98 Å². The Bertz CT molecular complexity index is 584. The average Bonchev–Trinajstić information content (AvgIpc) is 2.40. The summed E-state index contributed by atoms with van der Waals surface area (Å²) < 4.78 is 5.30. The number of aromatic nitrogens is 2. The van der Waals surface area contributed by atoms with Crippen LogP contribution in [0.1, 0.15) is 17.0 Å². The van der Waals surface area contributed by atoms with Gasteiger partial charge in [0.25, 0.3) is 0 Å². The Hall–Kier alpha value is -2.30. The second-order valence-corrected chi connectivity index (χ2v) is 4.35. The van der Waals surface area contributed by atoms with Gasteiger partial charge in [-0.05, 0) is 32.0 Å². The van der Waals surface area contributed by atoms with E-state index in [2.05, 4.69) is 15.3 Å². The normalized spacial score (nSPS) is 10.3. The largest absolute Gasteiger partial charge is 0.496 e. The fourth-order valence-electron chi connectivity index (χ4n) is 1.75. The smallest absolute Gasteiger partial charge is 0.145 e. The van der Waals surface area contributed by atoms with Crippen LogP contribution < -0.4 is 15.8 Å². The van der Waals surface area contributed by atoms with Gasteiger partial charge in [-0.2, -0.15) is 0 Å². The molecule has 2 aromatic rings. The molecule has 5 nitrogen and oxygen atoms in total. The number of nitrogen functional groups attached to an aromatic ring is 1. The molecule has 1 aromatic carbocycles. The van der Waals surface area contributed by atoms with Crippen molar-refractivity contribution >= 4 is 11.5 Å². The molecule has 3 N–H and O–H groups in total. The molecule has 0 bridgehead atoms. The van der Waals surface area contributed by atoms with E-state index >= 15 is 0 Å². The van der Waals surface area contributed by atoms with Gasteiger partial charge in [-0.3, -0.25) is 4.98 Å². The van der Waals surface area contributed by atoms with Crippen LogP contribution in [0.5, 0.6) is 5.75 Å². The molecule has 0 unspecified atom stereocenters. The number of nitrogens with zero attached hydrogens (tertiary/aromatic N) is 2. The highest BCUT2D eigenvalue weighted by Crippen LogP contribution is 2.21. The highest BCUT2D eigenvalue weighted by atomic mass is 16.5. The summed E-state index contributed by atoms with van der Waals surface area (Å²) in [6.07, 6.45) is 1.72. The van der Waals surface area contributed by atoms with Gasteiger partial charge in [0.15, 0.2) is 0 Å². The number of anilines is 2. The highest BCUT2D eigenvalue weighted by Gasteiger charge is 2.05. The number of benzene rings is 1. The van der Waals surface area contributed by atoms with Crippen LogP contribution in [0, 0.1) is 13.8 Å². The highest BCUT2D eigenvalue weighted by molar-refractivity contribution is 5.49. The number of nitrogens with two attached hydrogens (primary N) is 1. The Morgan fingerprint density at radius 1 is 1.26 bits per heavy atom. The lowest BCUT2D eigenvalue weighted by molar-refractivity contribution is 0.410. The number of ether oxygens (including phenoxy) is 1. The van der Waals surface area contributed by atoms with Crippen molar-refractivity contribution < 1.29 is 4.74 Å². The first-order chi connectivity index (χ1) is 9.10. The van der Waals surface area contributed by atoms with Crippen LogP contribution in [-0.2, 0) is 6.54 Å². The monoisotopic (exact) mass is 258 g/mol. The van der Waals surface area contributed by atoms with Crippen LogP contribution >= 0.6 is 0 Å². The Morgan fingerprint density at radius 3 is 2.74 bits per heavy atom. The summed E-state index contributed by atoms with van der Waals surface area (Å²) >= 11 is 0. The van der Waals surface area contributed by atoms with E-state index in [1.54, 1.807) is 13.3 Å². The predicted molar refractivity (Wildman–Crippen MR) is 76.2 cm³/mol. The molecule has 0 spiro atoms. The fourth-order valence-corrected chi connectivity index (χ4v) is 1.75. The van der Waals surface area contributed by atoms with Crippen molar-refractivity contribution in [2.45, 2.75) is 20.4 Å². The van der Waals surface area contributed by atoms with Crippen molar-refractivity contribution in [3.63, 3.8) is 0 Å². The number of rotatable bonds is 4. The molecule has 5 heteroatoms. The molecule has 0 aliphatic carbocycles. The van der Waals surface area contributed by atoms with E-state index in [4.69, 9.17) is 10.5 Å². The maximum atomic E-state index is 5.78. The summed E-state index contributed by atoms with van der Waals surface area (Å²) in [6.45, 7) is 4.47. The molecule has 0 radical (unpaired) electrons. The molecule has 0 aliphatic heterocycles. The van der Waals surface area contributed by atoms with Gasteiger partial charge in [-0.1, -0.05) is 0 Å². The van der Waals surface area contributed by atoms with Crippen molar-refractivity contribution in [1.29, 1.82) is 0 Å². The molecule has 19 heavy (non-hydrogen) atoms. The van der Waals surface area contributed by atoms with Gasteiger partial charge >= 0.3 is 0 Å². The van der Waals surface area contributed by atoms with E-state index in [1.807, 2.05) is 32.0 Å². The summed E-state index contributed by atoms with van der Waals surface area (Å²) in [5.41, 5.74) is 9.34. The number of nitrogens with one attached hydrogen (secondary N) is 1. The lowest BCUT2D eigenvalue weighted by atomic mass is 10.2. The number of aryl methyl sites for hydroxylation is 2. The second kappa shape index (κ2) is 5.56. The molecule has 0 fully saturated rings. The Balaban J connectivity index is 2.13. The number of hydrogen-bond acceptors (Lipinski definition) is 5. The van der Waals surface area contributed by atoms with Gasteiger partial charge < -0.3 is 15.8 Å². The van der Waals surface area contributed by atoms with Crippen LogP contribution in [0.4, 0.5) is 11.5 Å². The molecule has 0 atom stereocenters. The summed E-state index contributed by atoms with van der Waals surface area (Å²) in [5.74, 6) is 1.55. The molecule has 1 heterocycles. The molecule has 0 saturated heterocycles. The van der Waals surface area contributed by atoms with E-state index in [-0.39, 0.29) is 0 Å². The van der Waals surface area contributed by atoms with Gasteiger partial charge in [0.2, 0.25) is 0 Å². The maximum absolute atomic E-state index is 5.78. The van der Waals surface area contributed by atoms with E-state index in [9.17, 15) is 0 Å². The summed E-state index contributed by atoms with van der Waals surface area (Å²) in [5, 5.41) is 3.22. The van der Waals surface area contributed by atoms with Crippen LogP contribution in [0.25, 0.3) is 0 Å². The molecule has 0 saturated carbocycles. The average molecular weight is 258 g/mol. The molecule has 0 amide bonds. The van der Waals surface area contributed by atoms with Crippen molar-refractivity contribution in [3.05, 3.63) is 41.3 Å². The SMILES string of the molecule is COc1ccc(N)cc1CNc1cnc(C)c(C)n1. The minimum Gasteiger partial charge on any atom is -0.496 e. The Morgan fingerprint density at radius 2 is 2.05 bits per heavy atom. The lowest BCUT2D eigenvalue weighted by Gasteiger charge is -2.11. The third kappa shape index (κ3) is 3.13. The fraction of sp³-hybridized carbons (Fsp3) is 0.286. The zero-order chi connectivity index (χ0) is 13.8. The van der Waals surface area contributed by atoms with Crippen molar-refractivity contribution in [3.8, 4) is 5.75 Å². The lowest BCUT2D eigenvalue weighted by Crippen LogP contribution is -2.05. The van der Waals surface area contributed by atoms with Crippen LogP contribution in [0.2, 0.25) is 0 Å². The predicted octanol–water partition coefficient (Wildman–Crippen LogP) is 2.30. The second-order valence-electron chi connectivity index (χ2n) is 4.35. The first kappa shape index (κ1) is 13.1.